The van der Waals surface area contributed by atoms with Crippen molar-refractivity contribution in [3.05, 3.63) is 46.8 Å². The monoisotopic (exact) mass is 284 g/mol. The lowest BCUT2D eigenvalue weighted by atomic mass is 10.0. The molecular formula is C17H16O2S. The summed E-state index contributed by atoms with van der Waals surface area (Å²) in [5.41, 5.74) is 1.11. The van der Waals surface area contributed by atoms with Gasteiger partial charge in [0.2, 0.25) is 0 Å². The second-order valence-corrected chi connectivity index (χ2v) is 5.70. The van der Waals surface area contributed by atoms with E-state index in [-0.39, 0.29) is 5.97 Å². The van der Waals surface area contributed by atoms with Gasteiger partial charge in [-0.1, -0.05) is 37.3 Å². The first-order valence-corrected chi connectivity index (χ1v) is 7.68. The molecule has 0 aliphatic rings. The Balaban J connectivity index is 2.34. The summed E-state index contributed by atoms with van der Waals surface area (Å²) in [6.07, 6.45) is 0.835. The van der Waals surface area contributed by atoms with E-state index in [1.54, 1.807) is 0 Å². The highest BCUT2D eigenvalue weighted by molar-refractivity contribution is 7.21. The molecule has 1 aromatic heterocycles. The van der Waals surface area contributed by atoms with E-state index in [1.165, 1.54) is 27.5 Å². The van der Waals surface area contributed by atoms with Crippen molar-refractivity contribution < 1.29 is 9.53 Å². The number of fused-ring (bicyclic) bond motifs is 3. The molecule has 2 aromatic carbocycles. The van der Waals surface area contributed by atoms with Gasteiger partial charge in [-0.25, -0.2) is 4.79 Å². The second-order valence-electron chi connectivity index (χ2n) is 4.64. The maximum atomic E-state index is 12.1. The molecule has 3 aromatic rings. The van der Waals surface area contributed by atoms with Crippen LogP contribution in [0.3, 0.4) is 0 Å². The summed E-state index contributed by atoms with van der Waals surface area (Å²) in [5.74, 6) is -0.199. The standard InChI is InChI=1S/C17H16O2S/c1-3-12-15-13-8-6-5-7-11(13)9-10-14(15)20-16(12)17(18)19-4-2/h5-10H,3-4H2,1-2H3. The average molecular weight is 284 g/mol. The Kier molecular flexibility index (Phi) is 3.45. The highest BCUT2D eigenvalue weighted by Gasteiger charge is 2.19. The van der Waals surface area contributed by atoms with Crippen molar-refractivity contribution in [2.75, 3.05) is 6.61 Å². The number of esters is 1. The molecule has 3 rings (SSSR count). The molecule has 0 N–H and O–H groups in total. The molecule has 0 fully saturated rings. The van der Waals surface area contributed by atoms with Gasteiger partial charge in [-0.2, -0.15) is 0 Å². The van der Waals surface area contributed by atoms with Crippen LogP contribution in [0.1, 0.15) is 29.1 Å². The molecule has 2 nitrogen and oxygen atoms in total. The molecule has 0 spiro atoms. The summed E-state index contributed by atoms with van der Waals surface area (Å²) in [5, 5.41) is 3.63. The van der Waals surface area contributed by atoms with Crippen molar-refractivity contribution in [2.45, 2.75) is 20.3 Å². The molecule has 0 saturated heterocycles. The van der Waals surface area contributed by atoms with E-state index in [0.717, 1.165) is 21.6 Å². The molecule has 0 aliphatic carbocycles. The van der Waals surface area contributed by atoms with Gasteiger partial charge in [0.25, 0.3) is 0 Å². The van der Waals surface area contributed by atoms with Crippen LogP contribution < -0.4 is 0 Å². The minimum Gasteiger partial charge on any atom is -0.462 e. The first-order chi connectivity index (χ1) is 9.76. The SMILES string of the molecule is CCOC(=O)c1sc2ccc3ccccc3c2c1CC. The molecule has 0 unspecified atom stereocenters. The minimum atomic E-state index is -0.199. The van der Waals surface area contributed by atoms with Gasteiger partial charge in [0.15, 0.2) is 0 Å². The summed E-state index contributed by atoms with van der Waals surface area (Å²) >= 11 is 1.54. The molecule has 1 heterocycles. The van der Waals surface area contributed by atoms with E-state index in [0.29, 0.717) is 6.61 Å². The fraction of sp³-hybridized carbons (Fsp3) is 0.235. The molecule has 0 saturated carbocycles. The van der Waals surface area contributed by atoms with Crippen LogP contribution >= 0.6 is 11.3 Å². The molecule has 0 atom stereocenters. The van der Waals surface area contributed by atoms with E-state index in [2.05, 4.69) is 31.2 Å². The molecule has 0 aliphatic heterocycles. The zero-order chi connectivity index (χ0) is 14.1. The highest BCUT2D eigenvalue weighted by atomic mass is 32.1. The van der Waals surface area contributed by atoms with Crippen molar-refractivity contribution >= 4 is 38.2 Å². The zero-order valence-electron chi connectivity index (χ0n) is 11.6. The predicted octanol–water partition coefficient (Wildman–Crippen LogP) is 4.79. The van der Waals surface area contributed by atoms with Gasteiger partial charge in [-0.15, -0.1) is 11.3 Å². The molecule has 102 valence electrons. The van der Waals surface area contributed by atoms with Crippen LogP contribution in [0.15, 0.2) is 36.4 Å². The number of carbonyl (C=O) groups excluding carboxylic acids is 1. The molecule has 0 radical (unpaired) electrons. The Morgan fingerprint density at radius 2 is 1.95 bits per heavy atom. The molecule has 0 amide bonds. The Hall–Kier alpha value is -1.87. The predicted molar refractivity (Wildman–Crippen MR) is 84.7 cm³/mol. The van der Waals surface area contributed by atoms with Crippen molar-refractivity contribution in [1.82, 2.24) is 0 Å². The van der Waals surface area contributed by atoms with Crippen LogP contribution in [-0.4, -0.2) is 12.6 Å². The number of hydrogen-bond donors (Lipinski definition) is 0. The third-order valence-electron chi connectivity index (χ3n) is 3.49. The van der Waals surface area contributed by atoms with Gasteiger partial charge < -0.3 is 4.74 Å². The van der Waals surface area contributed by atoms with Crippen LogP contribution in [0.5, 0.6) is 0 Å². The van der Waals surface area contributed by atoms with Crippen molar-refractivity contribution in [2.24, 2.45) is 0 Å². The largest absolute Gasteiger partial charge is 0.462 e. The fourth-order valence-corrected chi connectivity index (χ4v) is 3.83. The molecular weight excluding hydrogens is 268 g/mol. The molecule has 20 heavy (non-hydrogen) atoms. The van der Waals surface area contributed by atoms with Gasteiger partial charge >= 0.3 is 5.97 Å². The summed E-state index contributed by atoms with van der Waals surface area (Å²) in [6.45, 7) is 4.34. The van der Waals surface area contributed by atoms with Gasteiger partial charge in [0.1, 0.15) is 4.88 Å². The summed E-state index contributed by atoms with van der Waals surface area (Å²) in [7, 11) is 0. The Morgan fingerprint density at radius 1 is 1.15 bits per heavy atom. The molecule has 3 heteroatoms. The van der Waals surface area contributed by atoms with E-state index >= 15 is 0 Å². The average Bonchev–Trinajstić information content (AvgIpc) is 2.86. The summed E-state index contributed by atoms with van der Waals surface area (Å²) in [6, 6.07) is 12.5. The lowest BCUT2D eigenvalue weighted by molar-refractivity contribution is 0.0531. The first-order valence-electron chi connectivity index (χ1n) is 6.86. The van der Waals surface area contributed by atoms with Crippen molar-refractivity contribution in [3.8, 4) is 0 Å². The molecule has 0 bridgehead atoms. The number of thiophene rings is 1. The fourth-order valence-electron chi connectivity index (χ4n) is 2.63. The number of rotatable bonds is 3. The maximum absolute atomic E-state index is 12.1. The third kappa shape index (κ3) is 1.98. The van der Waals surface area contributed by atoms with E-state index in [4.69, 9.17) is 4.74 Å². The number of carbonyl (C=O) groups is 1. The lowest BCUT2D eigenvalue weighted by Crippen LogP contribution is -2.04. The van der Waals surface area contributed by atoms with Gasteiger partial charge in [0, 0.05) is 10.1 Å². The van der Waals surface area contributed by atoms with Gasteiger partial charge in [-0.05, 0) is 35.7 Å². The smallest absolute Gasteiger partial charge is 0.348 e. The van der Waals surface area contributed by atoms with Crippen molar-refractivity contribution in [3.63, 3.8) is 0 Å². The van der Waals surface area contributed by atoms with Gasteiger partial charge in [-0.3, -0.25) is 0 Å². The summed E-state index contributed by atoms with van der Waals surface area (Å²) < 4.78 is 6.34. The van der Waals surface area contributed by atoms with E-state index in [1.807, 2.05) is 19.1 Å². The topological polar surface area (TPSA) is 26.3 Å². The zero-order valence-corrected chi connectivity index (χ0v) is 12.4. The van der Waals surface area contributed by atoms with Crippen LogP contribution in [0.4, 0.5) is 0 Å². The van der Waals surface area contributed by atoms with Crippen molar-refractivity contribution in [1.29, 1.82) is 0 Å². The minimum absolute atomic E-state index is 0.199. The third-order valence-corrected chi connectivity index (χ3v) is 4.67. The number of hydrogen-bond acceptors (Lipinski definition) is 3. The lowest BCUT2D eigenvalue weighted by Gasteiger charge is -2.04. The first kappa shape index (κ1) is 13.1. The number of ether oxygens (including phenoxy) is 1. The second kappa shape index (κ2) is 5.25. The number of benzene rings is 2. The van der Waals surface area contributed by atoms with E-state index in [9.17, 15) is 4.79 Å². The van der Waals surface area contributed by atoms with Crippen LogP contribution in [0.25, 0.3) is 20.9 Å². The van der Waals surface area contributed by atoms with Crippen LogP contribution in [0.2, 0.25) is 0 Å². The maximum Gasteiger partial charge on any atom is 0.348 e. The Bertz CT molecular complexity index is 786. The van der Waals surface area contributed by atoms with E-state index < -0.39 is 0 Å². The highest BCUT2D eigenvalue weighted by Crippen LogP contribution is 2.37. The Morgan fingerprint density at radius 3 is 2.70 bits per heavy atom. The van der Waals surface area contributed by atoms with Gasteiger partial charge in [0.05, 0.1) is 6.61 Å². The van der Waals surface area contributed by atoms with Crippen LogP contribution in [0, 0.1) is 0 Å². The number of aryl methyl sites for hydroxylation is 1. The Labute approximate surface area is 122 Å². The normalized spacial score (nSPS) is 11.1. The quantitative estimate of drug-likeness (QED) is 0.646. The summed E-state index contributed by atoms with van der Waals surface area (Å²) in [4.78, 5) is 12.9. The van der Waals surface area contributed by atoms with Crippen LogP contribution in [-0.2, 0) is 11.2 Å².